The quantitative estimate of drug-likeness (QED) is 0.808. The van der Waals surface area contributed by atoms with Gasteiger partial charge < -0.3 is 5.11 Å². The first-order valence-electron chi connectivity index (χ1n) is 9.95. The maximum atomic E-state index is 11.8. The fraction of sp³-hybridized carbons (Fsp3) is 0.773. The largest absolute Gasteiger partial charge is 0.396 e. The predicted molar refractivity (Wildman–Crippen MR) is 96.4 cm³/mol. The van der Waals surface area contributed by atoms with E-state index < -0.39 is 0 Å². The summed E-state index contributed by atoms with van der Waals surface area (Å²) in [6.45, 7) is 7.47. The van der Waals surface area contributed by atoms with Gasteiger partial charge in [0.1, 0.15) is 0 Å². The SMILES string of the molecule is C[C@H](CO)[C@H]1CCC2C3CCC4=CC(=O)C=C[C@]4(C)C3CC[C@@]21C. The normalized spacial score (nSPS) is 48.3. The van der Waals surface area contributed by atoms with E-state index in [0.29, 0.717) is 29.8 Å². The van der Waals surface area contributed by atoms with E-state index in [1.165, 1.54) is 37.7 Å². The zero-order valence-electron chi connectivity index (χ0n) is 15.4. The highest BCUT2D eigenvalue weighted by Crippen LogP contribution is 2.66. The number of carbonyl (C=O) groups excluding carboxylic acids is 1. The molecule has 2 heteroatoms. The highest BCUT2D eigenvalue weighted by Gasteiger charge is 2.58. The van der Waals surface area contributed by atoms with Crippen LogP contribution in [0.25, 0.3) is 0 Å². The number of ketones is 1. The average Bonchev–Trinajstić information content (AvgIpc) is 2.92. The number of rotatable bonds is 2. The van der Waals surface area contributed by atoms with Crippen molar-refractivity contribution in [2.75, 3.05) is 6.61 Å². The zero-order chi connectivity index (χ0) is 17.1. The highest BCUT2D eigenvalue weighted by atomic mass is 16.3. The van der Waals surface area contributed by atoms with Crippen molar-refractivity contribution >= 4 is 5.78 Å². The van der Waals surface area contributed by atoms with Gasteiger partial charge in [0.2, 0.25) is 0 Å². The van der Waals surface area contributed by atoms with Crippen molar-refractivity contribution in [3.8, 4) is 0 Å². The van der Waals surface area contributed by atoms with Gasteiger partial charge in [-0.2, -0.15) is 0 Å². The van der Waals surface area contributed by atoms with E-state index in [1.807, 2.05) is 12.2 Å². The Bertz CT molecular complexity index is 603. The highest BCUT2D eigenvalue weighted by molar-refractivity contribution is 6.01. The molecule has 0 saturated heterocycles. The fourth-order valence-electron chi connectivity index (χ4n) is 7.30. The lowest BCUT2D eigenvalue weighted by Crippen LogP contribution is -2.50. The fourth-order valence-corrected chi connectivity index (χ4v) is 7.30. The van der Waals surface area contributed by atoms with Crippen LogP contribution in [-0.4, -0.2) is 17.5 Å². The lowest BCUT2D eigenvalue weighted by Gasteiger charge is -2.57. The molecule has 0 aromatic carbocycles. The third kappa shape index (κ3) is 2.14. The van der Waals surface area contributed by atoms with Gasteiger partial charge in [-0.3, -0.25) is 4.79 Å². The molecule has 3 saturated carbocycles. The summed E-state index contributed by atoms with van der Waals surface area (Å²) in [5, 5.41) is 9.70. The summed E-state index contributed by atoms with van der Waals surface area (Å²) in [4.78, 5) is 11.8. The maximum Gasteiger partial charge on any atom is 0.178 e. The second-order valence-corrected chi connectivity index (χ2v) is 9.49. The second kappa shape index (κ2) is 5.56. The molecule has 0 spiro atoms. The summed E-state index contributed by atoms with van der Waals surface area (Å²) < 4.78 is 0. The topological polar surface area (TPSA) is 37.3 Å². The zero-order valence-corrected chi connectivity index (χ0v) is 15.4. The standard InChI is InChI=1S/C22H32O2/c1-14(13-23)18-6-7-19-17-5-4-15-12-16(24)8-10-21(15,2)20(17)9-11-22(18,19)3/h8,10,12,14,17-20,23H,4-7,9,11,13H2,1-3H3/t14-,17?,18-,19?,20?,21+,22-/m1/s1. The molecule has 0 bridgehead atoms. The van der Waals surface area contributed by atoms with Crippen LogP contribution in [-0.2, 0) is 4.79 Å². The number of fused-ring (bicyclic) bond motifs is 5. The van der Waals surface area contributed by atoms with Gasteiger partial charge in [-0.25, -0.2) is 0 Å². The van der Waals surface area contributed by atoms with Crippen LogP contribution < -0.4 is 0 Å². The van der Waals surface area contributed by atoms with Gasteiger partial charge in [-0.15, -0.1) is 0 Å². The third-order valence-corrected chi connectivity index (χ3v) is 8.60. The van der Waals surface area contributed by atoms with Gasteiger partial charge in [0, 0.05) is 12.0 Å². The van der Waals surface area contributed by atoms with Crippen molar-refractivity contribution in [3.05, 3.63) is 23.8 Å². The van der Waals surface area contributed by atoms with Crippen molar-refractivity contribution in [2.45, 2.75) is 59.3 Å². The molecule has 4 rings (SSSR count). The Balaban J connectivity index is 1.65. The number of carbonyl (C=O) groups is 1. The molecule has 3 fully saturated rings. The minimum absolute atomic E-state index is 0.110. The Hall–Kier alpha value is -0.890. The lowest BCUT2D eigenvalue weighted by atomic mass is 9.47. The molecule has 4 aliphatic rings. The molecule has 132 valence electrons. The van der Waals surface area contributed by atoms with Crippen LogP contribution in [0.15, 0.2) is 23.8 Å². The van der Waals surface area contributed by atoms with Crippen LogP contribution in [0.2, 0.25) is 0 Å². The Labute approximate surface area is 146 Å². The summed E-state index contributed by atoms with van der Waals surface area (Å²) in [5.74, 6) is 3.58. The summed E-state index contributed by atoms with van der Waals surface area (Å²) in [5.41, 5.74) is 1.91. The van der Waals surface area contributed by atoms with Crippen molar-refractivity contribution in [3.63, 3.8) is 0 Å². The smallest absolute Gasteiger partial charge is 0.178 e. The molecule has 4 aliphatic carbocycles. The Morgan fingerprint density at radius 3 is 2.75 bits per heavy atom. The molecular formula is C22H32O2. The molecule has 0 radical (unpaired) electrons. The molecule has 7 atom stereocenters. The lowest BCUT2D eigenvalue weighted by molar-refractivity contribution is -0.111. The van der Waals surface area contributed by atoms with E-state index in [2.05, 4.69) is 26.8 Å². The molecule has 0 amide bonds. The van der Waals surface area contributed by atoms with Crippen molar-refractivity contribution in [1.29, 1.82) is 0 Å². The predicted octanol–water partition coefficient (Wildman–Crippen LogP) is 4.54. The maximum absolute atomic E-state index is 11.8. The first-order valence-corrected chi connectivity index (χ1v) is 9.95. The van der Waals surface area contributed by atoms with E-state index >= 15 is 0 Å². The molecule has 1 N–H and O–H groups in total. The summed E-state index contributed by atoms with van der Waals surface area (Å²) in [6.07, 6.45) is 13.5. The van der Waals surface area contributed by atoms with Crippen LogP contribution in [0.1, 0.15) is 59.3 Å². The Morgan fingerprint density at radius 2 is 2.00 bits per heavy atom. The molecule has 0 heterocycles. The monoisotopic (exact) mass is 328 g/mol. The van der Waals surface area contributed by atoms with E-state index in [0.717, 1.165) is 18.3 Å². The van der Waals surface area contributed by atoms with Gasteiger partial charge in [0.15, 0.2) is 5.78 Å². The molecule has 2 nitrogen and oxygen atoms in total. The van der Waals surface area contributed by atoms with E-state index in [9.17, 15) is 9.90 Å². The van der Waals surface area contributed by atoms with Crippen LogP contribution in [0.3, 0.4) is 0 Å². The Kier molecular flexibility index (Phi) is 3.84. The van der Waals surface area contributed by atoms with Gasteiger partial charge in [-0.05, 0) is 85.7 Å². The van der Waals surface area contributed by atoms with E-state index in [-0.39, 0.29) is 11.2 Å². The van der Waals surface area contributed by atoms with Crippen molar-refractivity contribution in [2.24, 2.45) is 40.4 Å². The molecule has 0 aromatic heterocycles. The number of aliphatic hydroxyl groups is 1. The summed E-state index contributed by atoms with van der Waals surface area (Å²) in [6, 6.07) is 0. The van der Waals surface area contributed by atoms with Crippen LogP contribution in [0, 0.1) is 40.4 Å². The number of allylic oxidation sites excluding steroid dienone is 4. The minimum Gasteiger partial charge on any atom is -0.396 e. The summed E-state index contributed by atoms with van der Waals surface area (Å²) >= 11 is 0. The van der Waals surface area contributed by atoms with Gasteiger partial charge in [-0.1, -0.05) is 32.4 Å². The summed E-state index contributed by atoms with van der Waals surface area (Å²) in [7, 11) is 0. The van der Waals surface area contributed by atoms with E-state index in [4.69, 9.17) is 0 Å². The van der Waals surface area contributed by atoms with Crippen LogP contribution >= 0.6 is 0 Å². The molecule has 24 heavy (non-hydrogen) atoms. The van der Waals surface area contributed by atoms with Crippen LogP contribution in [0.4, 0.5) is 0 Å². The van der Waals surface area contributed by atoms with Crippen LogP contribution in [0.5, 0.6) is 0 Å². The Morgan fingerprint density at radius 1 is 1.21 bits per heavy atom. The second-order valence-electron chi connectivity index (χ2n) is 9.49. The number of hydrogen-bond acceptors (Lipinski definition) is 2. The van der Waals surface area contributed by atoms with Gasteiger partial charge in [0.25, 0.3) is 0 Å². The molecule has 3 unspecified atom stereocenters. The number of aliphatic hydroxyl groups excluding tert-OH is 1. The average molecular weight is 328 g/mol. The molecule has 0 aromatic rings. The van der Waals surface area contributed by atoms with Crippen molar-refractivity contribution < 1.29 is 9.90 Å². The first-order chi connectivity index (χ1) is 11.4. The minimum atomic E-state index is 0.110. The van der Waals surface area contributed by atoms with E-state index in [1.54, 1.807) is 0 Å². The van der Waals surface area contributed by atoms with Crippen molar-refractivity contribution in [1.82, 2.24) is 0 Å². The number of hydrogen-bond donors (Lipinski definition) is 1. The molecular weight excluding hydrogens is 296 g/mol. The van der Waals surface area contributed by atoms with Gasteiger partial charge >= 0.3 is 0 Å². The third-order valence-electron chi connectivity index (χ3n) is 8.60. The molecule has 0 aliphatic heterocycles. The first kappa shape index (κ1) is 16.6. The van der Waals surface area contributed by atoms with Gasteiger partial charge in [0.05, 0.1) is 0 Å².